The van der Waals surface area contributed by atoms with Crippen molar-refractivity contribution in [2.75, 3.05) is 13.2 Å². The van der Waals surface area contributed by atoms with Crippen LogP contribution in [-0.4, -0.2) is 28.7 Å². The normalized spacial score (nSPS) is 11.0. The molecule has 0 spiro atoms. The predicted molar refractivity (Wildman–Crippen MR) is 111 cm³/mol. The number of unbranched alkanes of at least 4 members (excludes halogenated alkanes) is 1. The van der Waals surface area contributed by atoms with E-state index in [1.54, 1.807) is 13.0 Å². The SMILES string of the molecule is CCCCOc1ccc(Cn2c(C)nc3ccc(C(=O)OCC)cc32)c(Cl)c1. The summed E-state index contributed by atoms with van der Waals surface area (Å²) < 4.78 is 12.9. The Morgan fingerprint density at radius 1 is 1.18 bits per heavy atom. The van der Waals surface area contributed by atoms with Crippen LogP contribution in [0.2, 0.25) is 5.02 Å². The van der Waals surface area contributed by atoms with Crippen LogP contribution >= 0.6 is 11.6 Å². The standard InChI is InChI=1S/C22H25ClN2O3/c1-4-6-11-28-18-9-7-17(19(23)13-18)14-25-15(3)24-20-10-8-16(12-21(20)25)22(26)27-5-2/h7-10,12-13H,4-6,11,14H2,1-3H3. The fourth-order valence-electron chi connectivity index (χ4n) is 3.03. The monoisotopic (exact) mass is 400 g/mol. The number of esters is 1. The minimum atomic E-state index is -0.332. The summed E-state index contributed by atoms with van der Waals surface area (Å²) in [6, 6.07) is 11.2. The zero-order valence-electron chi connectivity index (χ0n) is 16.5. The fourth-order valence-corrected chi connectivity index (χ4v) is 3.27. The molecule has 6 heteroatoms. The Balaban J connectivity index is 1.88. The van der Waals surface area contributed by atoms with Crippen molar-refractivity contribution in [3.63, 3.8) is 0 Å². The molecule has 0 saturated carbocycles. The van der Waals surface area contributed by atoms with Gasteiger partial charge >= 0.3 is 5.97 Å². The Bertz CT molecular complexity index is 981. The number of hydrogen-bond acceptors (Lipinski definition) is 4. The average molecular weight is 401 g/mol. The van der Waals surface area contributed by atoms with Gasteiger partial charge in [-0.05, 0) is 56.2 Å². The quantitative estimate of drug-likeness (QED) is 0.375. The van der Waals surface area contributed by atoms with E-state index in [1.165, 1.54) is 0 Å². The third-order valence-corrected chi connectivity index (χ3v) is 4.92. The highest BCUT2D eigenvalue weighted by molar-refractivity contribution is 6.31. The molecule has 1 heterocycles. The third kappa shape index (κ3) is 4.47. The van der Waals surface area contributed by atoms with E-state index in [9.17, 15) is 4.79 Å². The lowest BCUT2D eigenvalue weighted by atomic mass is 10.2. The highest BCUT2D eigenvalue weighted by Gasteiger charge is 2.14. The first-order valence-electron chi connectivity index (χ1n) is 9.58. The van der Waals surface area contributed by atoms with Gasteiger partial charge in [-0.1, -0.05) is 31.0 Å². The number of fused-ring (bicyclic) bond motifs is 1. The second-order valence-electron chi connectivity index (χ2n) is 6.62. The molecule has 0 atom stereocenters. The lowest BCUT2D eigenvalue weighted by molar-refractivity contribution is 0.0526. The topological polar surface area (TPSA) is 53.4 Å². The molecule has 0 saturated heterocycles. The van der Waals surface area contributed by atoms with Gasteiger partial charge in [0.1, 0.15) is 11.6 Å². The smallest absolute Gasteiger partial charge is 0.338 e. The molecule has 5 nitrogen and oxygen atoms in total. The third-order valence-electron chi connectivity index (χ3n) is 4.57. The van der Waals surface area contributed by atoms with Crippen LogP contribution in [0.15, 0.2) is 36.4 Å². The van der Waals surface area contributed by atoms with Crippen LogP contribution in [0.25, 0.3) is 11.0 Å². The molecular weight excluding hydrogens is 376 g/mol. The van der Waals surface area contributed by atoms with Crippen LogP contribution in [0.3, 0.4) is 0 Å². The van der Waals surface area contributed by atoms with E-state index in [4.69, 9.17) is 21.1 Å². The lowest BCUT2D eigenvalue weighted by Crippen LogP contribution is -2.06. The van der Waals surface area contributed by atoms with Gasteiger partial charge < -0.3 is 14.0 Å². The van der Waals surface area contributed by atoms with Crippen molar-refractivity contribution in [1.29, 1.82) is 0 Å². The van der Waals surface area contributed by atoms with Crippen LogP contribution < -0.4 is 4.74 Å². The van der Waals surface area contributed by atoms with Crippen molar-refractivity contribution in [2.24, 2.45) is 0 Å². The maximum Gasteiger partial charge on any atom is 0.338 e. The Kier molecular flexibility index (Phi) is 6.57. The van der Waals surface area contributed by atoms with Gasteiger partial charge in [0.05, 0.1) is 36.4 Å². The number of hydrogen-bond donors (Lipinski definition) is 0. The van der Waals surface area contributed by atoms with E-state index >= 15 is 0 Å². The molecule has 0 N–H and O–H groups in total. The van der Waals surface area contributed by atoms with Gasteiger partial charge in [-0.25, -0.2) is 9.78 Å². The summed E-state index contributed by atoms with van der Waals surface area (Å²) in [5, 5.41) is 0.650. The number of benzene rings is 2. The molecule has 3 rings (SSSR count). The Labute approximate surface area is 170 Å². The Hall–Kier alpha value is -2.53. The minimum absolute atomic E-state index is 0.332. The first kappa shape index (κ1) is 20.2. The summed E-state index contributed by atoms with van der Waals surface area (Å²) >= 11 is 6.50. The molecule has 0 bridgehead atoms. The highest BCUT2D eigenvalue weighted by Crippen LogP contribution is 2.26. The number of aryl methyl sites for hydroxylation is 1. The van der Waals surface area contributed by atoms with E-state index in [2.05, 4.69) is 16.5 Å². The summed E-state index contributed by atoms with van der Waals surface area (Å²) in [7, 11) is 0. The molecule has 2 aromatic carbocycles. The average Bonchev–Trinajstić information content (AvgIpc) is 2.98. The number of rotatable bonds is 8. The van der Waals surface area contributed by atoms with E-state index in [1.807, 2.05) is 37.3 Å². The number of imidazole rings is 1. The summed E-state index contributed by atoms with van der Waals surface area (Å²) in [4.78, 5) is 16.7. The van der Waals surface area contributed by atoms with Crippen LogP contribution in [-0.2, 0) is 11.3 Å². The molecule has 0 aliphatic rings. The number of ether oxygens (including phenoxy) is 2. The van der Waals surface area contributed by atoms with Crippen LogP contribution in [0, 0.1) is 6.92 Å². The zero-order chi connectivity index (χ0) is 20.1. The van der Waals surface area contributed by atoms with Crippen molar-refractivity contribution in [3.05, 3.63) is 58.4 Å². The van der Waals surface area contributed by atoms with E-state index in [0.29, 0.717) is 30.3 Å². The van der Waals surface area contributed by atoms with Crippen LogP contribution in [0.1, 0.15) is 48.4 Å². The second-order valence-corrected chi connectivity index (χ2v) is 7.03. The van der Waals surface area contributed by atoms with Gasteiger partial charge in [0.15, 0.2) is 0 Å². The molecule has 3 aromatic rings. The molecule has 0 fully saturated rings. The van der Waals surface area contributed by atoms with Crippen molar-refractivity contribution >= 4 is 28.6 Å². The largest absolute Gasteiger partial charge is 0.494 e. The highest BCUT2D eigenvalue weighted by atomic mass is 35.5. The molecule has 0 aliphatic heterocycles. The number of carbonyl (C=O) groups is 1. The summed E-state index contributed by atoms with van der Waals surface area (Å²) in [6.07, 6.45) is 2.11. The summed E-state index contributed by atoms with van der Waals surface area (Å²) in [5.41, 5.74) is 3.19. The molecule has 0 radical (unpaired) electrons. The number of halogens is 1. The molecular formula is C22H25ClN2O3. The van der Waals surface area contributed by atoms with Gasteiger partial charge in [0.2, 0.25) is 0 Å². The van der Waals surface area contributed by atoms with Crippen LogP contribution in [0.5, 0.6) is 5.75 Å². The van der Waals surface area contributed by atoms with E-state index in [0.717, 1.165) is 41.0 Å². The van der Waals surface area contributed by atoms with Gasteiger partial charge in [0.25, 0.3) is 0 Å². The first-order valence-corrected chi connectivity index (χ1v) is 9.96. The summed E-state index contributed by atoms with van der Waals surface area (Å²) in [6.45, 7) is 7.46. The fraction of sp³-hybridized carbons (Fsp3) is 0.364. The second kappa shape index (κ2) is 9.11. The van der Waals surface area contributed by atoms with Crippen molar-refractivity contribution in [3.8, 4) is 5.75 Å². The molecule has 0 unspecified atom stereocenters. The molecule has 0 aliphatic carbocycles. The summed E-state index contributed by atoms with van der Waals surface area (Å²) in [5.74, 6) is 1.30. The first-order chi connectivity index (χ1) is 13.5. The van der Waals surface area contributed by atoms with E-state index in [-0.39, 0.29) is 5.97 Å². The zero-order valence-corrected chi connectivity index (χ0v) is 17.3. The lowest BCUT2D eigenvalue weighted by Gasteiger charge is -2.12. The molecule has 0 amide bonds. The molecule has 28 heavy (non-hydrogen) atoms. The van der Waals surface area contributed by atoms with Gasteiger partial charge in [-0.2, -0.15) is 0 Å². The van der Waals surface area contributed by atoms with Gasteiger partial charge in [-0.15, -0.1) is 0 Å². The maximum atomic E-state index is 12.1. The van der Waals surface area contributed by atoms with Gasteiger partial charge in [0, 0.05) is 5.02 Å². The van der Waals surface area contributed by atoms with Crippen molar-refractivity contribution in [2.45, 2.75) is 40.2 Å². The molecule has 1 aromatic heterocycles. The van der Waals surface area contributed by atoms with Crippen LogP contribution in [0.4, 0.5) is 0 Å². The molecule has 148 valence electrons. The number of nitrogens with zero attached hydrogens (tertiary/aromatic N) is 2. The Morgan fingerprint density at radius 2 is 2.00 bits per heavy atom. The van der Waals surface area contributed by atoms with Crippen molar-refractivity contribution < 1.29 is 14.3 Å². The maximum absolute atomic E-state index is 12.1. The minimum Gasteiger partial charge on any atom is -0.494 e. The van der Waals surface area contributed by atoms with Gasteiger partial charge in [-0.3, -0.25) is 0 Å². The number of aromatic nitrogens is 2. The van der Waals surface area contributed by atoms with Crippen molar-refractivity contribution in [1.82, 2.24) is 9.55 Å². The van der Waals surface area contributed by atoms with E-state index < -0.39 is 0 Å². The number of carbonyl (C=O) groups excluding carboxylic acids is 1. The Morgan fingerprint density at radius 3 is 2.71 bits per heavy atom. The predicted octanol–water partition coefficient (Wildman–Crippen LogP) is 5.40.